The Labute approximate surface area is 124 Å². The molecule has 6 nitrogen and oxygen atoms in total. The third kappa shape index (κ3) is 2.99. The van der Waals surface area contributed by atoms with Crippen LogP contribution in [0.3, 0.4) is 0 Å². The molecule has 1 aliphatic rings. The zero-order valence-corrected chi connectivity index (χ0v) is 12.3. The van der Waals surface area contributed by atoms with Crippen molar-refractivity contribution in [1.82, 2.24) is 25.1 Å². The number of nitrogens with zero attached hydrogens (tertiary/aromatic N) is 3. The highest BCUT2D eigenvalue weighted by Crippen LogP contribution is 2.18. The lowest BCUT2D eigenvalue weighted by atomic mass is 9.97. The normalized spacial score (nSPS) is 17.5. The maximum Gasteiger partial charge on any atom is 0.254 e. The first-order valence-electron chi connectivity index (χ1n) is 7.58. The third-order valence-corrected chi connectivity index (χ3v) is 4.07. The first-order valence-corrected chi connectivity index (χ1v) is 7.58. The number of amides is 1. The van der Waals surface area contributed by atoms with Crippen molar-refractivity contribution in [3.8, 4) is 0 Å². The predicted octanol–water partition coefficient (Wildman–Crippen LogP) is 1.55. The highest BCUT2D eigenvalue weighted by atomic mass is 16.1. The van der Waals surface area contributed by atoms with Crippen molar-refractivity contribution in [3.05, 3.63) is 35.7 Å². The summed E-state index contributed by atoms with van der Waals surface area (Å²) < 4.78 is 2.19. The van der Waals surface area contributed by atoms with Crippen LogP contribution in [0.1, 0.15) is 41.6 Å². The molecule has 21 heavy (non-hydrogen) atoms. The molecule has 2 N–H and O–H groups in total. The fourth-order valence-corrected chi connectivity index (χ4v) is 2.87. The number of H-pyrrole nitrogens is 1. The van der Waals surface area contributed by atoms with Crippen molar-refractivity contribution >= 4 is 5.91 Å². The van der Waals surface area contributed by atoms with Crippen molar-refractivity contribution < 1.29 is 4.79 Å². The molecule has 0 aliphatic carbocycles. The van der Waals surface area contributed by atoms with Crippen molar-refractivity contribution in [3.63, 3.8) is 0 Å². The smallest absolute Gasteiger partial charge is 0.254 e. The Morgan fingerprint density at radius 3 is 3.33 bits per heavy atom. The number of rotatable bonds is 5. The van der Waals surface area contributed by atoms with Gasteiger partial charge in [0.2, 0.25) is 0 Å². The van der Waals surface area contributed by atoms with Crippen LogP contribution in [-0.4, -0.2) is 32.2 Å². The Balaban J connectivity index is 1.56. The fraction of sp³-hybridized carbons (Fsp3) is 0.533. The first kappa shape index (κ1) is 13.9. The number of carbonyl (C=O) groups is 1. The van der Waals surface area contributed by atoms with E-state index in [1.54, 1.807) is 6.20 Å². The van der Waals surface area contributed by atoms with Crippen LogP contribution in [0.15, 0.2) is 18.6 Å². The van der Waals surface area contributed by atoms with Gasteiger partial charge in [-0.15, -0.1) is 0 Å². The van der Waals surface area contributed by atoms with E-state index >= 15 is 0 Å². The lowest BCUT2D eigenvalue weighted by Gasteiger charge is -2.23. The molecule has 2 aromatic rings. The second-order valence-corrected chi connectivity index (χ2v) is 5.62. The SMILES string of the molecule is CCCc1[nH]ncc1C(=O)NC[C@@H]1CCn2ccnc2C1. The van der Waals surface area contributed by atoms with Crippen molar-refractivity contribution in [2.45, 2.75) is 39.2 Å². The van der Waals surface area contributed by atoms with E-state index in [1.807, 2.05) is 12.4 Å². The molecule has 0 radical (unpaired) electrons. The molecule has 6 heteroatoms. The van der Waals surface area contributed by atoms with Crippen LogP contribution >= 0.6 is 0 Å². The fourth-order valence-electron chi connectivity index (χ4n) is 2.87. The van der Waals surface area contributed by atoms with E-state index in [9.17, 15) is 4.79 Å². The van der Waals surface area contributed by atoms with Gasteiger partial charge in [-0.2, -0.15) is 5.10 Å². The van der Waals surface area contributed by atoms with Crippen molar-refractivity contribution in [2.75, 3.05) is 6.54 Å². The number of aromatic nitrogens is 4. The van der Waals surface area contributed by atoms with Gasteiger partial charge in [0.1, 0.15) is 5.82 Å². The monoisotopic (exact) mass is 287 g/mol. The Kier molecular flexibility index (Phi) is 4.03. The number of carbonyl (C=O) groups excluding carboxylic acids is 1. The predicted molar refractivity (Wildman–Crippen MR) is 79.0 cm³/mol. The lowest BCUT2D eigenvalue weighted by Crippen LogP contribution is -2.33. The standard InChI is InChI=1S/C15H21N5O/c1-2-3-13-12(10-18-19-13)15(21)17-9-11-4-6-20-7-5-16-14(20)8-11/h5,7,10-11H,2-4,6,8-9H2,1H3,(H,17,21)(H,18,19)/t11-/m1/s1. The number of aromatic amines is 1. The van der Waals surface area contributed by atoms with Crippen molar-refractivity contribution in [1.29, 1.82) is 0 Å². The molecular formula is C15H21N5O. The molecule has 2 aromatic heterocycles. The highest BCUT2D eigenvalue weighted by molar-refractivity contribution is 5.95. The van der Waals surface area contributed by atoms with Crippen LogP contribution in [0, 0.1) is 5.92 Å². The second-order valence-electron chi connectivity index (χ2n) is 5.62. The zero-order valence-electron chi connectivity index (χ0n) is 12.3. The molecule has 0 bridgehead atoms. The third-order valence-electron chi connectivity index (χ3n) is 4.07. The summed E-state index contributed by atoms with van der Waals surface area (Å²) in [6, 6.07) is 0. The number of aryl methyl sites for hydroxylation is 2. The van der Waals surface area contributed by atoms with Gasteiger partial charge >= 0.3 is 0 Å². The molecule has 112 valence electrons. The molecule has 1 amide bonds. The van der Waals surface area contributed by atoms with Crippen LogP contribution in [0.25, 0.3) is 0 Å². The first-order chi connectivity index (χ1) is 10.3. The number of hydrogen-bond acceptors (Lipinski definition) is 3. The Hall–Kier alpha value is -2.11. The average Bonchev–Trinajstić information content (AvgIpc) is 3.13. The average molecular weight is 287 g/mol. The number of nitrogens with one attached hydrogen (secondary N) is 2. The van der Waals surface area contributed by atoms with Gasteiger partial charge in [0.25, 0.3) is 5.91 Å². The maximum absolute atomic E-state index is 12.2. The summed E-state index contributed by atoms with van der Waals surface area (Å²) >= 11 is 0. The summed E-state index contributed by atoms with van der Waals surface area (Å²) in [5, 5.41) is 9.93. The van der Waals surface area contributed by atoms with Crippen LogP contribution in [0.2, 0.25) is 0 Å². The summed E-state index contributed by atoms with van der Waals surface area (Å²) in [7, 11) is 0. The van der Waals surface area contributed by atoms with Gasteiger partial charge < -0.3 is 9.88 Å². The topological polar surface area (TPSA) is 75.6 Å². The van der Waals surface area contributed by atoms with E-state index in [2.05, 4.69) is 32.0 Å². The minimum atomic E-state index is -0.0267. The Morgan fingerprint density at radius 2 is 2.48 bits per heavy atom. The van der Waals surface area contributed by atoms with Crippen LogP contribution in [-0.2, 0) is 19.4 Å². The minimum absolute atomic E-state index is 0.0267. The summed E-state index contributed by atoms with van der Waals surface area (Å²) in [4.78, 5) is 16.6. The zero-order chi connectivity index (χ0) is 14.7. The number of imidazole rings is 1. The maximum atomic E-state index is 12.2. The Morgan fingerprint density at radius 1 is 1.57 bits per heavy atom. The lowest BCUT2D eigenvalue weighted by molar-refractivity contribution is 0.0943. The molecular weight excluding hydrogens is 266 g/mol. The molecule has 1 aliphatic heterocycles. The molecule has 0 unspecified atom stereocenters. The van der Waals surface area contributed by atoms with Gasteiger partial charge in [-0.3, -0.25) is 9.89 Å². The van der Waals surface area contributed by atoms with Crippen molar-refractivity contribution in [2.24, 2.45) is 5.92 Å². The largest absolute Gasteiger partial charge is 0.352 e. The quantitative estimate of drug-likeness (QED) is 0.876. The molecule has 0 saturated heterocycles. The highest BCUT2D eigenvalue weighted by Gasteiger charge is 2.20. The molecule has 1 atom stereocenters. The minimum Gasteiger partial charge on any atom is -0.352 e. The van der Waals surface area contributed by atoms with E-state index in [4.69, 9.17) is 0 Å². The van der Waals surface area contributed by atoms with Gasteiger partial charge in [-0.05, 0) is 18.8 Å². The molecule has 0 fully saturated rings. The summed E-state index contributed by atoms with van der Waals surface area (Å²) in [5.74, 6) is 1.56. The number of hydrogen-bond donors (Lipinski definition) is 2. The Bertz CT molecular complexity index is 615. The summed E-state index contributed by atoms with van der Waals surface area (Å²) in [5.41, 5.74) is 1.60. The van der Waals surface area contributed by atoms with E-state index in [0.717, 1.165) is 43.7 Å². The van der Waals surface area contributed by atoms with Gasteiger partial charge in [0.15, 0.2) is 0 Å². The van der Waals surface area contributed by atoms with E-state index in [-0.39, 0.29) is 5.91 Å². The molecule has 3 rings (SSSR count). The van der Waals surface area contributed by atoms with Crippen LogP contribution < -0.4 is 5.32 Å². The van der Waals surface area contributed by atoms with Gasteiger partial charge in [0.05, 0.1) is 11.8 Å². The second kappa shape index (κ2) is 6.11. The van der Waals surface area contributed by atoms with Gasteiger partial charge in [-0.25, -0.2) is 4.98 Å². The van der Waals surface area contributed by atoms with E-state index in [1.165, 1.54) is 0 Å². The molecule has 0 saturated carbocycles. The van der Waals surface area contributed by atoms with Crippen LogP contribution in [0.5, 0.6) is 0 Å². The summed E-state index contributed by atoms with van der Waals surface area (Å²) in [6.45, 7) is 3.78. The van der Waals surface area contributed by atoms with E-state index < -0.39 is 0 Å². The molecule has 0 aromatic carbocycles. The summed E-state index contributed by atoms with van der Waals surface area (Å²) in [6.07, 6.45) is 9.34. The van der Waals surface area contributed by atoms with Crippen LogP contribution in [0.4, 0.5) is 0 Å². The molecule has 0 spiro atoms. The van der Waals surface area contributed by atoms with E-state index in [0.29, 0.717) is 18.0 Å². The van der Waals surface area contributed by atoms with Gasteiger partial charge in [-0.1, -0.05) is 13.3 Å². The number of fused-ring (bicyclic) bond motifs is 1. The molecule has 3 heterocycles. The van der Waals surface area contributed by atoms with Gasteiger partial charge in [0, 0.05) is 37.6 Å².